The Morgan fingerprint density at radius 2 is 1.90 bits per heavy atom. The van der Waals surface area contributed by atoms with E-state index >= 15 is 4.39 Å². The van der Waals surface area contributed by atoms with Crippen LogP contribution >= 0.6 is 0 Å². The fraction of sp³-hybridized carbons (Fsp3) is 0.429. The zero-order valence-corrected chi connectivity index (χ0v) is 21.7. The first-order chi connectivity index (χ1) is 18.7. The second kappa shape index (κ2) is 12.2. The number of rotatable bonds is 11. The Morgan fingerprint density at radius 3 is 2.51 bits per heavy atom. The molecule has 0 amide bonds. The molecule has 1 fully saturated rings. The fourth-order valence-electron chi connectivity index (χ4n) is 5.27. The van der Waals surface area contributed by atoms with Crippen LogP contribution in [-0.2, 0) is 11.3 Å². The number of ether oxygens (including phenoxy) is 1. The zero-order valence-electron chi connectivity index (χ0n) is 21.7. The summed E-state index contributed by atoms with van der Waals surface area (Å²) in [6.45, 7) is 1.55. The number of carboxylic acids is 1. The summed E-state index contributed by atoms with van der Waals surface area (Å²) in [7, 11) is 1.52. The Balaban J connectivity index is 1.39. The number of nitrogens with two attached hydrogens (primary N) is 1. The van der Waals surface area contributed by atoms with Crippen molar-refractivity contribution in [1.82, 2.24) is 9.88 Å². The molecule has 2 heterocycles. The van der Waals surface area contributed by atoms with Gasteiger partial charge in [0.25, 0.3) is 0 Å². The summed E-state index contributed by atoms with van der Waals surface area (Å²) in [5, 5.41) is 13.3. The van der Waals surface area contributed by atoms with Gasteiger partial charge in [-0.1, -0.05) is 0 Å². The zero-order chi connectivity index (χ0) is 28.2. The molecule has 4 rings (SSSR count). The van der Waals surface area contributed by atoms with Crippen LogP contribution in [0.25, 0.3) is 10.9 Å². The molecular weight excluding hydrogens is 516 g/mol. The van der Waals surface area contributed by atoms with Crippen LogP contribution in [-0.4, -0.2) is 54.2 Å². The van der Waals surface area contributed by atoms with Gasteiger partial charge in [0.1, 0.15) is 23.4 Å². The maximum atomic E-state index is 15.8. The van der Waals surface area contributed by atoms with Gasteiger partial charge in [0.05, 0.1) is 18.0 Å². The van der Waals surface area contributed by atoms with Gasteiger partial charge in [0.2, 0.25) is 0 Å². The topological polar surface area (TPSA) is 101 Å². The molecule has 1 atom stereocenters. The lowest BCUT2D eigenvalue weighted by Gasteiger charge is -2.39. The van der Waals surface area contributed by atoms with E-state index in [0.717, 1.165) is 0 Å². The number of fused-ring (bicyclic) bond motifs is 1. The molecule has 0 aliphatic carbocycles. The maximum Gasteiger partial charge on any atom is 0.309 e. The molecule has 210 valence electrons. The number of pyridine rings is 1. The van der Waals surface area contributed by atoms with Crippen LogP contribution in [0.2, 0.25) is 0 Å². The summed E-state index contributed by atoms with van der Waals surface area (Å²) in [6, 6.07) is 6.41. The predicted octanol–water partition coefficient (Wildman–Crippen LogP) is 5.19. The largest absolute Gasteiger partial charge is 0.497 e. The molecule has 1 aromatic heterocycles. The molecule has 39 heavy (non-hydrogen) atoms. The SMILES string of the molecule is COc1ccc2ncc(CN)c([C@H](F)CCC3(C(=O)O)CCN(CCNc4c(F)cc(F)cc4F)CC3)c2c1. The van der Waals surface area contributed by atoms with Crippen molar-refractivity contribution in [3.8, 4) is 5.75 Å². The number of carboxylic acid groups (broad SMARTS) is 1. The number of aromatic nitrogens is 1. The number of hydrogen-bond donors (Lipinski definition) is 3. The predicted molar refractivity (Wildman–Crippen MR) is 140 cm³/mol. The van der Waals surface area contributed by atoms with E-state index in [1.165, 1.54) is 7.11 Å². The summed E-state index contributed by atoms with van der Waals surface area (Å²) in [5.41, 5.74) is 5.95. The lowest BCUT2D eigenvalue weighted by Crippen LogP contribution is -2.45. The standard InChI is InChI=1S/C28H32F4N4O3/c1-39-19-2-3-24-20(14-19)25(17(15-33)16-35-24)21(30)4-5-28(27(37)38)6-9-36(10-7-28)11-8-34-26-22(31)12-18(29)13-23(26)32/h2-3,12-14,16,21,34H,4-11,15,33H2,1H3,(H,37,38)/t21-/m1/s1. The molecule has 0 bridgehead atoms. The van der Waals surface area contributed by atoms with Crippen LogP contribution < -0.4 is 15.8 Å². The average Bonchev–Trinajstić information content (AvgIpc) is 2.92. The summed E-state index contributed by atoms with van der Waals surface area (Å²) in [6.07, 6.45) is 0.867. The molecule has 1 saturated heterocycles. The van der Waals surface area contributed by atoms with Crippen LogP contribution in [0.1, 0.15) is 43.0 Å². The highest BCUT2D eigenvalue weighted by Crippen LogP contribution is 2.41. The number of carbonyl (C=O) groups is 1. The van der Waals surface area contributed by atoms with Crippen LogP contribution in [0.5, 0.6) is 5.75 Å². The first kappa shape index (κ1) is 28.6. The van der Waals surface area contributed by atoms with E-state index in [4.69, 9.17) is 10.5 Å². The fourth-order valence-corrected chi connectivity index (χ4v) is 5.27. The Morgan fingerprint density at radius 1 is 1.21 bits per heavy atom. The summed E-state index contributed by atoms with van der Waals surface area (Å²) in [5.74, 6) is -3.45. The Kier molecular flexibility index (Phi) is 8.91. The number of anilines is 1. The van der Waals surface area contributed by atoms with Crippen molar-refractivity contribution in [2.75, 3.05) is 38.6 Å². The smallest absolute Gasteiger partial charge is 0.309 e. The van der Waals surface area contributed by atoms with Gasteiger partial charge in [-0.25, -0.2) is 17.6 Å². The van der Waals surface area contributed by atoms with Crippen LogP contribution in [0.4, 0.5) is 23.2 Å². The molecule has 0 radical (unpaired) electrons. The van der Waals surface area contributed by atoms with Gasteiger partial charge in [-0.15, -0.1) is 0 Å². The number of benzene rings is 2. The van der Waals surface area contributed by atoms with Gasteiger partial charge in [0.15, 0.2) is 11.6 Å². The summed E-state index contributed by atoms with van der Waals surface area (Å²) < 4.78 is 61.9. The number of halogens is 4. The molecule has 4 N–H and O–H groups in total. The summed E-state index contributed by atoms with van der Waals surface area (Å²) >= 11 is 0. The molecule has 0 spiro atoms. The number of hydrogen-bond acceptors (Lipinski definition) is 6. The van der Waals surface area contributed by atoms with Crippen molar-refractivity contribution < 1.29 is 32.2 Å². The van der Waals surface area contributed by atoms with Crippen molar-refractivity contribution in [1.29, 1.82) is 0 Å². The van der Waals surface area contributed by atoms with Gasteiger partial charge in [-0.05, 0) is 62.5 Å². The van der Waals surface area contributed by atoms with Gasteiger partial charge < -0.3 is 25.8 Å². The number of methoxy groups -OCH3 is 1. The van der Waals surface area contributed by atoms with Crippen molar-refractivity contribution in [2.24, 2.45) is 11.1 Å². The third-order valence-corrected chi connectivity index (χ3v) is 7.61. The highest BCUT2D eigenvalue weighted by molar-refractivity contribution is 5.85. The molecular formula is C28H32F4N4O3. The van der Waals surface area contributed by atoms with E-state index in [0.29, 0.717) is 72.4 Å². The van der Waals surface area contributed by atoms with Crippen molar-refractivity contribution >= 4 is 22.6 Å². The number of alkyl halides is 1. The molecule has 2 aromatic carbocycles. The molecule has 0 saturated carbocycles. The monoisotopic (exact) mass is 548 g/mol. The van der Waals surface area contributed by atoms with Crippen LogP contribution in [0.15, 0.2) is 36.5 Å². The maximum absolute atomic E-state index is 15.8. The van der Waals surface area contributed by atoms with Crippen molar-refractivity contribution in [3.05, 3.63) is 65.1 Å². The van der Waals surface area contributed by atoms with Crippen molar-refractivity contribution in [2.45, 2.75) is 38.4 Å². The first-order valence-corrected chi connectivity index (χ1v) is 12.8. The molecule has 1 aliphatic heterocycles. The Bertz CT molecular complexity index is 1300. The van der Waals surface area contributed by atoms with E-state index < -0.39 is 40.7 Å². The highest BCUT2D eigenvalue weighted by Gasteiger charge is 2.41. The lowest BCUT2D eigenvalue weighted by molar-refractivity contribution is -0.153. The van der Waals surface area contributed by atoms with E-state index in [1.54, 1.807) is 24.4 Å². The molecule has 3 aromatic rings. The van der Waals surface area contributed by atoms with Gasteiger partial charge in [-0.3, -0.25) is 9.78 Å². The second-order valence-corrected chi connectivity index (χ2v) is 9.89. The van der Waals surface area contributed by atoms with Crippen molar-refractivity contribution in [3.63, 3.8) is 0 Å². The number of nitrogens with zero attached hydrogens (tertiary/aromatic N) is 2. The van der Waals surface area contributed by atoms with E-state index in [1.807, 2.05) is 4.90 Å². The lowest BCUT2D eigenvalue weighted by atomic mass is 9.74. The van der Waals surface area contributed by atoms with E-state index in [-0.39, 0.29) is 25.9 Å². The minimum Gasteiger partial charge on any atom is -0.497 e. The third kappa shape index (κ3) is 6.25. The van der Waals surface area contributed by atoms with Gasteiger partial charge in [-0.2, -0.15) is 0 Å². The first-order valence-electron chi connectivity index (χ1n) is 12.8. The highest BCUT2D eigenvalue weighted by atomic mass is 19.1. The molecule has 11 heteroatoms. The average molecular weight is 549 g/mol. The van der Waals surface area contributed by atoms with Gasteiger partial charge >= 0.3 is 5.97 Å². The number of likely N-dealkylation sites (tertiary alicyclic amines) is 1. The molecule has 7 nitrogen and oxygen atoms in total. The second-order valence-electron chi connectivity index (χ2n) is 9.89. The Labute approximate surface area is 224 Å². The van der Waals surface area contributed by atoms with E-state index in [9.17, 15) is 23.1 Å². The number of nitrogens with one attached hydrogen (secondary N) is 1. The van der Waals surface area contributed by atoms with Crippen LogP contribution in [0.3, 0.4) is 0 Å². The number of aliphatic carboxylic acids is 1. The third-order valence-electron chi connectivity index (χ3n) is 7.61. The molecule has 1 aliphatic rings. The van der Waals surface area contributed by atoms with E-state index in [2.05, 4.69) is 10.3 Å². The van der Waals surface area contributed by atoms with Gasteiger partial charge in [0, 0.05) is 48.9 Å². The van der Waals surface area contributed by atoms with Crippen LogP contribution in [0, 0.1) is 22.9 Å². The minimum atomic E-state index is -1.44. The minimum absolute atomic E-state index is 0.000297. The molecule has 0 unspecified atom stereocenters. The Hall–Kier alpha value is -3.44. The number of piperidine rings is 1. The summed E-state index contributed by atoms with van der Waals surface area (Å²) in [4.78, 5) is 18.7. The normalized spacial score (nSPS) is 16.3. The quantitative estimate of drug-likeness (QED) is 0.284.